The quantitative estimate of drug-likeness (QED) is 0.602. The van der Waals surface area contributed by atoms with E-state index in [1.807, 2.05) is 18.2 Å². The molecule has 9 heteroatoms. The van der Waals surface area contributed by atoms with Crippen LogP contribution in [-0.2, 0) is 17.9 Å². The Kier molecular flexibility index (Phi) is 5.42. The van der Waals surface area contributed by atoms with E-state index in [1.54, 1.807) is 42.5 Å². The molecule has 0 saturated carbocycles. The minimum absolute atomic E-state index is 0.165. The topological polar surface area (TPSA) is 116 Å². The molecule has 0 radical (unpaired) electrons. The molecule has 0 bridgehead atoms. The van der Waals surface area contributed by atoms with Gasteiger partial charge in [-0.1, -0.05) is 36.4 Å². The first-order valence-corrected chi connectivity index (χ1v) is 9.29. The smallest absolute Gasteiger partial charge is 0.324 e. The number of imide groups is 1. The number of carbonyl (C=O) groups is 3. The second kappa shape index (κ2) is 8.48. The minimum atomic E-state index is -0.516. The summed E-state index contributed by atoms with van der Waals surface area (Å²) in [6, 6.07) is 17.0. The molecule has 30 heavy (non-hydrogen) atoms. The molecule has 9 nitrogen and oxygen atoms in total. The fraction of sp³-hybridized carbons (Fsp3) is 0.143. The first kappa shape index (κ1) is 19.2. The van der Waals surface area contributed by atoms with Gasteiger partial charge in [-0.2, -0.15) is 5.10 Å². The Morgan fingerprint density at radius 3 is 2.43 bits per heavy atom. The van der Waals surface area contributed by atoms with Crippen LogP contribution in [0, 0.1) is 0 Å². The van der Waals surface area contributed by atoms with Gasteiger partial charge in [0.15, 0.2) is 12.4 Å². The number of hydrogen-bond acceptors (Lipinski definition) is 5. The summed E-state index contributed by atoms with van der Waals surface area (Å²) in [5.41, 5.74) is 1.80. The lowest BCUT2D eigenvalue weighted by Gasteiger charge is -2.16. The summed E-state index contributed by atoms with van der Waals surface area (Å²) >= 11 is 0. The summed E-state index contributed by atoms with van der Waals surface area (Å²) in [5.74, 6) is 0.0957. The average Bonchev–Trinajstić information content (AvgIpc) is 3.36. The minimum Gasteiger partial charge on any atom is -0.484 e. The summed E-state index contributed by atoms with van der Waals surface area (Å²) in [5, 5.41) is 12.0. The van der Waals surface area contributed by atoms with Crippen molar-refractivity contribution in [2.45, 2.75) is 13.1 Å². The van der Waals surface area contributed by atoms with E-state index in [0.717, 1.165) is 0 Å². The molecular weight excluding hydrogens is 386 g/mol. The molecule has 4 rings (SSSR count). The summed E-state index contributed by atoms with van der Waals surface area (Å²) in [4.78, 5) is 38.2. The lowest BCUT2D eigenvalue weighted by Crippen LogP contribution is -2.40. The normalized spacial score (nSPS) is 12.2. The maximum absolute atomic E-state index is 12.4. The Balaban J connectivity index is 1.32. The Hall–Kier alpha value is -4.14. The number of amides is 4. The number of hydrogen-bond donors (Lipinski definition) is 3. The van der Waals surface area contributed by atoms with E-state index >= 15 is 0 Å². The van der Waals surface area contributed by atoms with Crippen LogP contribution in [0.1, 0.15) is 21.6 Å². The van der Waals surface area contributed by atoms with Crippen molar-refractivity contribution in [1.29, 1.82) is 0 Å². The van der Waals surface area contributed by atoms with E-state index < -0.39 is 11.9 Å². The van der Waals surface area contributed by atoms with Gasteiger partial charge in [-0.15, -0.1) is 0 Å². The van der Waals surface area contributed by atoms with E-state index in [2.05, 4.69) is 20.8 Å². The van der Waals surface area contributed by atoms with Gasteiger partial charge in [-0.05, 0) is 24.3 Å². The highest BCUT2D eigenvalue weighted by atomic mass is 16.5. The van der Waals surface area contributed by atoms with E-state index in [-0.39, 0.29) is 25.6 Å². The SMILES string of the molecule is O=C(COc1ccccc1)Nc1n[nH]c2c1CN(C(=O)NC(=O)c1ccccc1)C2. The van der Waals surface area contributed by atoms with E-state index in [1.165, 1.54) is 4.90 Å². The van der Waals surface area contributed by atoms with Crippen LogP contribution < -0.4 is 15.4 Å². The Morgan fingerprint density at radius 2 is 1.70 bits per heavy atom. The molecule has 3 N–H and O–H groups in total. The maximum atomic E-state index is 12.4. The lowest BCUT2D eigenvalue weighted by molar-refractivity contribution is -0.118. The van der Waals surface area contributed by atoms with Crippen molar-refractivity contribution in [2.24, 2.45) is 0 Å². The zero-order valence-electron chi connectivity index (χ0n) is 15.9. The third kappa shape index (κ3) is 4.30. The number of benzene rings is 2. The number of urea groups is 1. The molecule has 3 aromatic rings. The average molecular weight is 405 g/mol. The third-order valence-electron chi connectivity index (χ3n) is 4.57. The van der Waals surface area contributed by atoms with Crippen LogP contribution in [0.4, 0.5) is 10.6 Å². The van der Waals surface area contributed by atoms with Gasteiger partial charge in [0, 0.05) is 11.1 Å². The zero-order chi connectivity index (χ0) is 20.9. The third-order valence-corrected chi connectivity index (χ3v) is 4.57. The van der Waals surface area contributed by atoms with E-state index in [4.69, 9.17) is 4.74 Å². The van der Waals surface area contributed by atoms with Gasteiger partial charge in [-0.3, -0.25) is 20.0 Å². The number of aromatic amines is 1. The van der Waals surface area contributed by atoms with Crippen molar-refractivity contribution in [2.75, 3.05) is 11.9 Å². The molecule has 1 aromatic heterocycles. The van der Waals surface area contributed by atoms with Crippen molar-refractivity contribution < 1.29 is 19.1 Å². The monoisotopic (exact) mass is 405 g/mol. The van der Waals surface area contributed by atoms with Gasteiger partial charge < -0.3 is 15.0 Å². The molecule has 0 atom stereocenters. The summed E-state index contributed by atoms with van der Waals surface area (Å²) in [7, 11) is 0. The highest BCUT2D eigenvalue weighted by Crippen LogP contribution is 2.27. The van der Waals surface area contributed by atoms with Crippen LogP contribution in [-0.4, -0.2) is 39.5 Å². The molecule has 152 valence electrons. The van der Waals surface area contributed by atoms with Gasteiger partial charge in [0.2, 0.25) is 0 Å². The van der Waals surface area contributed by atoms with E-state index in [0.29, 0.717) is 28.4 Å². The number of carbonyl (C=O) groups excluding carboxylic acids is 3. The summed E-state index contributed by atoms with van der Waals surface area (Å²) < 4.78 is 5.42. The standard InChI is InChI=1S/C21H19N5O4/c27-18(13-30-15-9-5-2-6-10-15)22-19-16-11-26(12-17(16)24-25-19)21(29)23-20(28)14-7-3-1-4-8-14/h1-10H,11-13H2,(H,23,28,29)(H2,22,24,25,27). The zero-order valence-corrected chi connectivity index (χ0v) is 15.9. The van der Waals surface area contributed by atoms with Crippen molar-refractivity contribution in [3.8, 4) is 5.75 Å². The molecule has 0 spiro atoms. The summed E-state index contributed by atoms with van der Waals surface area (Å²) in [6.07, 6.45) is 0. The molecule has 1 aliphatic rings. The predicted octanol–water partition coefficient (Wildman–Crippen LogP) is 2.29. The Labute approximate surface area is 172 Å². The van der Waals surface area contributed by atoms with Crippen LogP contribution >= 0.6 is 0 Å². The predicted molar refractivity (Wildman–Crippen MR) is 108 cm³/mol. The van der Waals surface area contributed by atoms with Crippen molar-refractivity contribution in [1.82, 2.24) is 20.4 Å². The number of anilines is 1. The lowest BCUT2D eigenvalue weighted by atomic mass is 10.2. The fourth-order valence-electron chi connectivity index (χ4n) is 3.06. The second-order valence-corrected chi connectivity index (χ2v) is 6.66. The highest BCUT2D eigenvalue weighted by molar-refractivity contribution is 6.04. The number of aromatic nitrogens is 2. The van der Waals surface area contributed by atoms with Gasteiger partial charge in [0.25, 0.3) is 11.8 Å². The molecule has 2 aromatic carbocycles. The molecule has 4 amide bonds. The number of ether oxygens (including phenoxy) is 1. The van der Waals surface area contributed by atoms with Crippen LogP contribution in [0.25, 0.3) is 0 Å². The fourth-order valence-corrected chi connectivity index (χ4v) is 3.06. The van der Waals surface area contributed by atoms with Crippen LogP contribution in [0.3, 0.4) is 0 Å². The molecule has 0 saturated heterocycles. The highest BCUT2D eigenvalue weighted by Gasteiger charge is 2.29. The van der Waals surface area contributed by atoms with Gasteiger partial charge in [0.1, 0.15) is 5.75 Å². The first-order valence-electron chi connectivity index (χ1n) is 9.29. The van der Waals surface area contributed by atoms with Crippen LogP contribution in [0.5, 0.6) is 5.75 Å². The molecule has 0 fully saturated rings. The molecule has 1 aliphatic heterocycles. The van der Waals surface area contributed by atoms with Gasteiger partial charge in [-0.25, -0.2) is 4.79 Å². The number of nitrogens with zero attached hydrogens (tertiary/aromatic N) is 2. The summed E-state index contributed by atoms with van der Waals surface area (Å²) in [6.45, 7) is 0.308. The van der Waals surface area contributed by atoms with Crippen molar-refractivity contribution in [3.05, 3.63) is 77.5 Å². The van der Waals surface area contributed by atoms with Gasteiger partial charge >= 0.3 is 6.03 Å². The largest absolute Gasteiger partial charge is 0.484 e. The molecule has 2 heterocycles. The number of H-pyrrole nitrogens is 1. The number of para-hydroxylation sites is 1. The van der Waals surface area contributed by atoms with Crippen molar-refractivity contribution >= 4 is 23.7 Å². The Morgan fingerprint density at radius 1 is 1.00 bits per heavy atom. The Bertz CT molecular complexity index is 1070. The van der Waals surface area contributed by atoms with Crippen molar-refractivity contribution in [3.63, 3.8) is 0 Å². The number of nitrogens with one attached hydrogen (secondary N) is 3. The number of rotatable bonds is 5. The molecular formula is C21H19N5O4. The second-order valence-electron chi connectivity index (χ2n) is 6.66. The van der Waals surface area contributed by atoms with Gasteiger partial charge in [0.05, 0.1) is 18.8 Å². The van der Waals surface area contributed by atoms with Crippen LogP contribution in [0.15, 0.2) is 60.7 Å². The van der Waals surface area contributed by atoms with E-state index in [9.17, 15) is 14.4 Å². The number of fused-ring (bicyclic) bond motifs is 1. The first-order chi connectivity index (χ1) is 14.6. The molecule has 0 unspecified atom stereocenters. The van der Waals surface area contributed by atoms with Crippen LogP contribution in [0.2, 0.25) is 0 Å². The maximum Gasteiger partial charge on any atom is 0.324 e. The molecule has 0 aliphatic carbocycles.